The van der Waals surface area contributed by atoms with E-state index in [1.54, 1.807) is 6.07 Å². The fourth-order valence-corrected chi connectivity index (χ4v) is 3.63. The summed E-state index contributed by atoms with van der Waals surface area (Å²) in [4.78, 5) is 2.35. The van der Waals surface area contributed by atoms with Crippen molar-refractivity contribution in [1.82, 2.24) is 10.2 Å². The number of rotatable bonds is 3. The molecule has 2 saturated heterocycles. The van der Waals surface area contributed by atoms with E-state index in [1.165, 1.54) is 31.4 Å². The molecule has 3 nitrogen and oxygen atoms in total. The molecule has 1 spiro atoms. The highest BCUT2D eigenvalue weighted by atomic mass is 19.4. The highest BCUT2D eigenvalue weighted by molar-refractivity contribution is 5.28. The van der Waals surface area contributed by atoms with Crippen molar-refractivity contribution in [3.8, 4) is 5.75 Å². The first-order valence-corrected chi connectivity index (χ1v) is 7.72. The van der Waals surface area contributed by atoms with Gasteiger partial charge in [0.2, 0.25) is 0 Å². The van der Waals surface area contributed by atoms with Crippen LogP contribution in [0.15, 0.2) is 24.3 Å². The second-order valence-electron chi connectivity index (χ2n) is 6.41. The maximum absolute atomic E-state index is 12.3. The second-order valence-corrected chi connectivity index (χ2v) is 6.41. The van der Waals surface area contributed by atoms with Crippen LogP contribution in [0.3, 0.4) is 0 Å². The van der Waals surface area contributed by atoms with Crippen LogP contribution in [0.4, 0.5) is 13.2 Å². The van der Waals surface area contributed by atoms with Crippen LogP contribution in [0, 0.1) is 5.41 Å². The third-order valence-corrected chi connectivity index (χ3v) is 4.72. The Labute approximate surface area is 128 Å². The van der Waals surface area contributed by atoms with Gasteiger partial charge in [-0.25, -0.2) is 0 Å². The van der Waals surface area contributed by atoms with Gasteiger partial charge < -0.3 is 10.1 Å². The highest BCUT2D eigenvalue weighted by Gasteiger charge is 2.38. The Morgan fingerprint density at radius 3 is 2.68 bits per heavy atom. The SMILES string of the molecule is FC(F)(F)Oc1cccc(CN2CCC3(CCNCC3)C2)c1. The van der Waals surface area contributed by atoms with E-state index in [0.29, 0.717) is 12.0 Å². The van der Waals surface area contributed by atoms with E-state index in [9.17, 15) is 13.2 Å². The normalized spacial score (nSPS) is 22.1. The summed E-state index contributed by atoms with van der Waals surface area (Å²) < 4.78 is 40.8. The summed E-state index contributed by atoms with van der Waals surface area (Å²) in [5.41, 5.74) is 1.28. The molecule has 0 amide bonds. The van der Waals surface area contributed by atoms with Crippen molar-refractivity contribution in [3.05, 3.63) is 29.8 Å². The summed E-state index contributed by atoms with van der Waals surface area (Å²) in [7, 11) is 0. The number of hydrogen-bond acceptors (Lipinski definition) is 3. The lowest BCUT2D eigenvalue weighted by Crippen LogP contribution is -2.38. The minimum atomic E-state index is -4.63. The van der Waals surface area contributed by atoms with Gasteiger partial charge in [-0.05, 0) is 62.0 Å². The molecule has 1 aromatic rings. The Hall–Kier alpha value is -1.27. The molecule has 0 unspecified atom stereocenters. The number of halogens is 3. The zero-order chi connectivity index (χ0) is 15.6. The Morgan fingerprint density at radius 1 is 1.18 bits per heavy atom. The van der Waals surface area contributed by atoms with Crippen LogP contribution in [-0.4, -0.2) is 37.4 Å². The van der Waals surface area contributed by atoms with Crippen LogP contribution < -0.4 is 10.1 Å². The van der Waals surface area contributed by atoms with Crippen LogP contribution in [0.5, 0.6) is 5.75 Å². The lowest BCUT2D eigenvalue weighted by molar-refractivity contribution is -0.274. The van der Waals surface area contributed by atoms with Crippen molar-refractivity contribution < 1.29 is 17.9 Å². The van der Waals surface area contributed by atoms with Gasteiger partial charge in [0.05, 0.1) is 0 Å². The van der Waals surface area contributed by atoms with E-state index >= 15 is 0 Å². The Bertz CT molecular complexity index is 512. The molecule has 2 aliphatic heterocycles. The molecule has 0 bridgehead atoms. The molecule has 1 N–H and O–H groups in total. The minimum absolute atomic E-state index is 0.138. The smallest absolute Gasteiger partial charge is 0.406 e. The molecule has 0 radical (unpaired) electrons. The van der Waals surface area contributed by atoms with E-state index in [1.807, 2.05) is 6.07 Å². The van der Waals surface area contributed by atoms with Gasteiger partial charge in [0.25, 0.3) is 0 Å². The van der Waals surface area contributed by atoms with Crippen LogP contribution in [0.25, 0.3) is 0 Å². The number of likely N-dealkylation sites (tertiary alicyclic amines) is 1. The van der Waals surface area contributed by atoms with Crippen molar-refractivity contribution >= 4 is 0 Å². The fourth-order valence-electron chi connectivity index (χ4n) is 3.63. The van der Waals surface area contributed by atoms with Gasteiger partial charge in [-0.3, -0.25) is 4.90 Å². The molecule has 2 heterocycles. The summed E-state index contributed by atoms with van der Waals surface area (Å²) in [6.45, 7) is 4.89. The minimum Gasteiger partial charge on any atom is -0.406 e. The van der Waals surface area contributed by atoms with Crippen molar-refractivity contribution in [2.75, 3.05) is 26.2 Å². The van der Waals surface area contributed by atoms with Crippen LogP contribution >= 0.6 is 0 Å². The van der Waals surface area contributed by atoms with Gasteiger partial charge in [-0.1, -0.05) is 12.1 Å². The molecule has 6 heteroatoms. The molecule has 2 aliphatic rings. The zero-order valence-corrected chi connectivity index (χ0v) is 12.5. The summed E-state index contributed by atoms with van der Waals surface area (Å²) in [5.74, 6) is -0.138. The third kappa shape index (κ3) is 3.93. The average molecular weight is 314 g/mol. The van der Waals surface area contributed by atoms with Crippen molar-refractivity contribution in [2.24, 2.45) is 5.41 Å². The number of nitrogens with one attached hydrogen (secondary N) is 1. The summed E-state index contributed by atoms with van der Waals surface area (Å²) in [6.07, 6.45) is -1.06. The Morgan fingerprint density at radius 2 is 1.95 bits per heavy atom. The van der Waals surface area contributed by atoms with Gasteiger partial charge in [0, 0.05) is 13.1 Å². The number of alkyl halides is 3. The predicted octanol–water partition coefficient (Wildman–Crippen LogP) is 3.16. The molecule has 0 aliphatic carbocycles. The van der Waals surface area contributed by atoms with E-state index < -0.39 is 6.36 Å². The number of benzene rings is 1. The van der Waals surface area contributed by atoms with E-state index in [0.717, 1.165) is 31.7 Å². The lowest BCUT2D eigenvalue weighted by atomic mass is 9.78. The first kappa shape index (κ1) is 15.6. The average Bonchev–Trinajstić information content (AvgIpc) is 2.80. The fraction of sp³-hybridized carbons (Fsp3) is 0.625. The molecule has 0 atom stereocenters. The predicted molar refractivity (Wildman–Crippen MR) is 77.6 cm³/mol. The molecule has 22 heavy (non-hydrogen) atoms. The maximum atomic E-state index is 12.3. The summed E-state index contributed by atoms with van der Waals surface area (Å²) in [6, 6.07) is 6.31. The Kier molecular flexibility index (Phi) is 4.32. The summed E-state index contributed by atoms with van der Waals surface area (Å²) in [5, 5.41) is 3.39. The molecule has 1 aromatic carbocycles. The largest absolute Gasteiger partial charge is 0.573 e. The molecular formula is C16H21F3N2O. The molecule has 3 rings (SSSR count). The first-order valence-electron chi connectivity index (χ1n) is 7.72. The van der Waals surface area contributed by atoms with E-state index in [-0.39, 0.29) is 5.75 Å². The van der Waals surface area contributed by atoms with Gasteiger partial charge in [-0.15, -0.1) is 13.2 Å². The van der Waals surface area contributed by atoms with Crippen LogP contribution in [-0.2, 0) is 6.54 Å². The standard InChI is InChI=1S/C16H21F3N2O/c17-16(18,19)22-14-3-1-2-13(10-14)11-21-9-6-15(12-21)4-7-20-8-5-15/h1-3,10,20H,4-9,11-12H2. The monoisotopic (exact) mass is 314 g/mol. The van der Waals surface area contributed by atoms with Gasteiger partial charge in [-0.2, -0.15) is 0 Å². The van der Waals surface area contributed by atoms with Crippen molar-refractivity contribution in [2.45, 2.75) is 32.2 Å². The lowest BCUT2D eigenvalue weighted by Gasteiger charge is -2.34. The highest BCUT2D eigenvalue weighted by Crippen LogP contribution is 2.39. The summed E-state index contributed by atoms with van der Waals surface area (Å²) >= 11 is 0. The molecule has 0 saturated carbocycles. The Balaban J connectivity index is 1.61. The number of nitrogens with zero attached hydrogens (tertiary/aromatic N) is 1. The first-order chi connectivity index (χ1) is 10.4. The van der Waals surface area contributed by atoms with Gasteiger partial charge >= 0.3 is 6.36 Å². The molecular weight excluding hydrogens is 293 g/mol. The zero-order valence-electron chi connectivity index (χ0n) is 12.5. The number of ether oxygens (including phenoxy) is 1. The van der Waals surface area contributed by atoms with Crippen molar-refractivity contribution in [3.63, 3.8) is 0 Å². The van der Waals surface area contributed by atoms with E-state index in [2.05, 4.69) is 15.0 Å². The van der Waals surface area contributed by atoms with Crippen LogP contribution in [0.2, 0.25) is 0 Å². The third-order valence-electron chi connectivity index (χ3n) is 4.72. The van der Waals surface area contributed by atoms with E-state index in [4.69, 9.17) is 0 Å². The maximum Gasteiger partial charge on any atom is 0.573 e. The molecule has 0 aromatic heterocycles. The molecule has 122 valence electrons. The quantitative estimate of drug-likeness (QED) is 0.927. The molecule has 2 fully saturated rings. The van der Waals surface area contributed by atoms with Crippen LogP contribution in [0.1, 0.15) is 24.8 Å². The van der Waals surface area contributed by atoms with Gasteiger partial charge in [0.15, 0.2) is 0 Å². The van der Waals surface area contributed by atoms with Crippen molar-refractivity contribution in [1.29, 1.82) is 0 Å². The number of hydrogen-bond donors (Lipinski definition) is 1. The topological polar surface area (TPSA) is 24.5 Å². The second kappa shape index (κ2) is 6.08. The number of piperidine rings is 1. The van der Waals surface area contributed by atoms with Gasteiger partial charge in [0.1, 0.15) is 5.75 Å².